The third kappa shape index (κ3) is 7.81. The van der Waals surface area contributed by atoms with Crippen molar-refractivity contribution < 1.29 is 159 Å². The van der Waals surface area contributed by atoms with Crippen LogP contribution in [0.4, 0.5) is 92.2 Å². The number of Topliss-reactive ketones (excluding diaryl/α,β-unsaturated/α-hetero) is 3. The van der Waals surface area contributed by atoms with Gasteiger partial charge < -0.3 is 15.3 Å². The number of rotatable bonds is 6. The van der Waals surface area contributed by atoms with Crippen molar-refractivity contribution in [1.82, 2.24) is 0 Å². The first-order valence-electron chi connectivity index (χ1n) is 20.5. The monoisotopic (exact) mass is 1210 g/mol. The van der Waals surface area contributed by atoms with Crippen molar-refractivity contribution in [2.24, 2.45) is 50.2 Å². The Kier molecular flexibility index (Phi) is 15.0. The zero-order valence-electron chi connectivity index (χ0n) is 37.8. The number of ketones is 3. The van der Waals surface area contributed by atoms with E-state index in [4.69, 9.17) is 0 Å². The Hall–Kier alpha value is -2.59. The van der Waals surface area contributed by atoms with Gasteiger partial charge in [-0.25, -0.2) is 0 Å². The Morgan fingerprint density at radius 2 is 0.529 bits per heavy atom. The normalized spacial score (nSPS) is 32.8. The fourth-order valence-electron chi connectivity index (χ4n) is 10.9. The van der Waals surface area contributed by atoms with Crippen molar-refractivity contribution in [2.75, 3.05) is 0 Å². The summed E-state index contributed by atoms with van der Waals surface area (Å²) in [6, 6.07) is 0. The summed E-state index contributed by atoms with van der Waals surface area (Å²) in [5, 5.41) is 28.6. The van der Waals surface area contributed by atoms with Gasteiger partial charge in [-0.15, -0.1) is 0 Å². The van der Waals surface area contributed by atoms with Gasteiger partial charge in [0.15, 0.2) is 34.6 Å². The van der Waals surface area contributed by atoms with Gasteiger partial charge in [-0.05, 0) is 72.5 Å². The van der Waals surface area contributed by atoms with Crippen molar-refractivity contribution in [2.45, 2.75) is 155 Å². The molecule has 6 saturated carbocycles. The number of aliphatic hydroxyl groups is 3. The van der Waals surface area contributed by atoms with Gasteiger partial charge in [-0.3, -0.25) is 14.4 Å². The molecule has 0 heterocycles. The van der Waals surface area contributed by atoms with E-state index in [1.807, 2.05) is 0 Å². The predicted octanol–water partition coefficient (Wildman–Crippen LogP) is 14.0. The van der Waals surface area contributed by atoms with Crippen LogP contribution in [-0.2, 0) is 14.4 Å². The van der Waals surface area contributed by atoms with E-state index in [0.29, 0.717) is 19.3 Å². The molecule has 6 nitrogen and oxygen atoms in total. The van der Waals surface area contributed by atoms with E-state index in [0.717, 1.165) is 0 Å². The largest absolute Gasteiger partial charge is 0.506 e. The molecule has 6 fully saturated rings. The number of alkyl halides is 21. The zero-order valence-corrected chi connectivity index (χ0v) is 39.6. The minimum atomic E-state index is -6.56. The predicted molar refractivity (Wildman–Crippen MR) is 196 cm³/mol. The van der Waals surface area contributed by atoms with Crippen LogP contribution >= 0.6 is 0 Å². The Balaban J connectivity index is 0.000000276. The fourth-order valence-corrected chi connectivity index (χ4v) is 10.9. The first-order chi connectivity index (χ1) is 30.1. The maximum absolute atomic E-state index is 13.7. The fraction of sp³-hybridized carbons (Fsp3) is 0.786. The second-order valence-corrected chi connectivity index (χ2v) is 20.6. The Labute approximate surface area is 414 Å². The van der Waals surface area contributed by atoms with Crippen molar-refractivity contribution in [3.05, 3.63) is 34.0 Å². The summed E-state index contributed by atoms with van der Waals surface area (Å²) in [4.78, 5) is 36.9. The van der Waals surface area contributed by atoms with Crippen molar-refractivity contribution >= 4 is 17.3 Å². The molecule has 408 valence electrons. The molecule has 0 spiro atoms. The number of carbonyl (C=O) groups excluding carboxylic acids is 3. The smallest absolute Gasteiger partial charge is 0.460 e. The number of hydrogen-bond acceptors (Lipinski definition) is 6. The van der Waals surface area contributed by atoms with E-state index in [-0.39, 0.29) is 56.6 Å². The SMILES string of the molecule is CC1(C)C2CC[C@@]1(C)C(=O)/C2=C(/O)C(F)(F)C(F)(F)C(F)(F)F.CC1(C)C2CC[C@@]1(C)C(=O)/C2=C(/O)C(F)(F)C(F)(F)C(F)(F)F.CC1(C)C2CC[C@@]1(C)C(=O)/C2=C(\O)C(F)(F)C(F)(F)C(F)(F)F.[Er]. The number of hydrogen-bond donors (Lipinski definition) is 3. The molecule has 6 aliphatic rings. The molecule has 3 unspecified atom stereocenters. The van der Waals surface area contributed by atoms with Crippen molar-refractivity contribution in [3.8, 4) is 0 Å². The van der Waals surface area contributed by atoms with Gasteiger partial charge in [-0.1, -0.05) is 62.3 Å². The average Bonchev–Trinajstić information content (AvgIpc) is 3.79. The Morgan fingerprint density at radius 3 is 0.643 bits per heavy atom. The van der Waals surface area contributed by atoms with Crippen LogP contribution in [0.15, 0.2) is 34.0 Å². The van der Waals surface area contributed by atoms with E-state index in [2.05, 4.69) is 0 Å². The van der Waals surface area contributed by atoms with E-state index in [1.165, 1.54) is 20.8 Å². The number of carbonyl (C=O) groups is 3. The topological polar surface area (TPSA) is 112 Å². The number of aliphatic hydroxyl groups excluding tert-OH is 3. The minimum Gasteiger partial charge on any atom is -0.506 e. The maximum atomic E-state index is 13.7. The molecule has 70 heavy (non-hydrogen) atoms. The minimum absolute atomic E-state index is 0. The molecule has 6 atom stereocenters. The Morgan fingerprint density at radius 1 is 0.371 bits per heavy atom. The molecular formula is C42H45ErF21O6. The van der Waals surface area contributed by atoms with Crippen LogP contribution in [-0.4, -0.2) is 86.7 Å². The van der Waals surface area contributed by atoms with Gasteiger partial charge in [0.2, 0.25) is 0 Å². The molecule has 3 N–H and O–H groups in total. The van der Waals surface area contributed by atoms with E-state index in [1.54, 1.807) is 41.5 Å². The van der Waals surface area contributed by atoms with Crippen molar-refractivity contribution in [3.63, 3.8) is 0 Å². The third-order valence-corrected chi connectivity index (χ3v) is 16.9. The molecule has 0 amide bonds. The van der Waals surface area contributed by atoms with Crippen LogP contribution in [0.2, 0.25) is 0 Å². The van der Waals surface area contributed by atoms with E-state index >= 15 is 0 Å². The number of halogens is 21. The van der Waals surface area contributed by atoms with Gasteiger partial charge in [-0.2, -0.15) is 92.2 Å². The standard InChI is InChI=1S/3C14H15F7O2.Er/c3*1-10(2)6-4-5-11(10,3)8(22)7(6)9(23)12(15,16)13(17,18)14(19,20)21;/h3*6,23H,4-5H2,1-3H3;/b2*9-7+;9-7-;/t3*6?,11-;/m000./s1. The molecule has 6 aliphatic carbocycles. The quantitative estimate of drug-likeness (QED) is 0.139. The molecule has 0 aliphatic heterocycles. The summed E-state index contributed by atoms with van der Waals surface area (Å²) in [7, 11) is 0. The van der Waals surface area contributed by atoms with Crippen LogP contribution in [0.1, 0.15) is 101 Å². The average molecular weight is 1210 g/mol. The van der Waals surface area contributed by atoms with Crippen molar-refractivity contribution in [1.29, 1.82) is 0 Å². The van der Waals surface area contributed by atoms with E-state index < -0.39 is 156 Å². The molecule has 0 radical (unpaired) electrons. The van der Waals surface area contributed by atoms with Gasteiger partial charge in [0.25, 0.3) is 0 Å². The second-order valence-electron chi connectivity index (χ2n) is 20.6. The van der Waals surface area contributed by atoms with Crippen LogP contribution in [0.3, 0.4) is 0 Å². The first-order valence-corrected chi connectivity index (χ1v) is 20.5. The Bertz CT molecular complexity index is 2020. The molecule has 6 bridgehead atoms. The molecule has 6 rings (SSSR count). The summed E-state index contributed by atoms with van der Waals surface area (Å²) < 4.78 is 271. The summed E-state index contributed by atoms with van der Waals surface area (Å²) in [6.07, 6.45) is -18.3. The van der Waals surface area contributed by atoms with Gasteiger partial charge in [0, 0.05) is 70.3 Å². The summed E-state index contributed by atoms with van der Waals surface area (Å²) in [5.41, 5.74) is -9.29. The molecule has 0 saturated heterocycles. The third-order valence-electron chi connectivity index (χ3n) is 16.9. The second kappa shape index (κ2) is 17.0. The summed E-state index contributed by atoms with van der Waals surface area (Å²) in [5.74, 6) is -50.5. The van der Waals surface area contributed by atoms with E-state index in [9.17, 15) is 122 Å². The molecule has 28 heteroatoms. The van der Waals surface area contributed by atoms with Crippen LogP contribution in [0.25, 0.3) is 0 Å². The molecular weight excluding hydrogens is 1170 g/mol. The van der Waals surface area contributed by atoms with Crippen LogP contribution in [0, 0.1) is 87.5 Å². The van der Waals surface area contributed by atoms with Gasteiger partial charge >= 0.3 is 54.1 Å². The summed E-state index contributed by atoms with van der Waals surface area (Å²) in [6.45, 7) is 13.6. The molecule has 0 aromatic heterocycles. The van der Waals surface area contributed by atoms with Gasteiger partial charge in [0.05, 0.1) is 0 Å². The molecule has 0 aromatic rings. The first kappa shape index (κ1) is 61.7. The number of allylic oxidation sites excluding steroid dienone is 6. The zero-order chi connectivity index (χ0) is 54.7. The molecule has 0 aromatic carbocycles. The number of fused-ring (bicyclic) bond motifs is 6. The van der Waals surface area contributed by atoms with Crippen LogP contribution in [0.5, 0.6) is 0 Å². The van der Waals surface area contributed by atoms with Gasteiger partial charge in [0.1, 0.15) is 0 Å². The maximum Gasteiger partial charge on any atom is 0.460 e. The summed E-state index contributed by atoms with van der Waals surface area (Å²) >= 11 is 0. The van der Waals surface area contributed by atoms with Crippen LogP contribution < -0.4 is 0 Å².